The molecule has 0 heterocycles. The van der Waals surface area contributed by atoms with E-state index in [-0.39, 0.29) is 5.96 Å². The topological polar surface area (TPSA) is 86.0 Å². The van der Waals surface area contributed by atoms with E-state index in [1.54, 1.807) is 7.11 Å². The van der Waals surface area contributed by atoms with Crippen molar-refractivity contribution in [2.24, 2.45) is 21.7 Å². The predicted octanol–water partition coefficient (Wildman–Crippen LogP) is 0.887. The lowest BCUT2D eigenvalue weighted by Gasteiger charge is -2.06. The van der Waals surface area contributed by atoms with Gasteiger partial charge in [-0.05, 0) is 18.6 Å². The molecule has 1 aromatic rings. The zero-order valence-electron chi connectivity index (χ0n) is 9.47. The smallest absolute Gasteiger partial charge is 0.211 e. The monoisotopic (exact) mass is 220 g/mol. The molecule has 0 spiro atoms. The molecule has 1 aromatic carbocycles. The Morgan fingerprint density at radius 1 is 1.25 bits per heavy atom. The fourth-order valence-electron chi connectivity index (χ4n) is 1.30. The molecule has 86 valence electrons. The van der Waals surface area contributed by atoms with Gasteiger partial charge >= 0.3 is 0 Å². The summed E-state index contributed by atoms with van der Waals surface area (Å²) in [6, 6.07) is 7.76. The number of hydrogen-bond donors (Lipinski definition) is 2. The van der Waals surface area contributed by atoms with Crippen molar-refractivity contribution in [3.63, 3.8) is 0 Å². The number of benzene rings is 1. The molecule has 0 saturated heterocycles. The highest BCUT2D eigenvalue weighted by molar-refractivity contribution is 5.85. The number of methoxy groups -OCH3 is 1. The van der Waals surface area contributed by atoms with Crippen LogP contribution in [0.15, 0.2) is 34.5 Å². The summed E-state index contributed by atoms with van der Waals surface area (Å²) in [5.41, 5.74) is 12.2. The van der Waals surface area contributed by atoms with Gasteiger partial charge < -0.3 is 16.2 Å². The van der Waals surface area contributed by atoms with Crippen molar-refractivity contribution in [3.8, 4) is 5.75 Å². The standard InChI is InChI=1S/C11H16N4O/c1-8(14-15-11(12)13)7-9-5-3-4-6-10(9)16-2/h3-6H,7H2,1-2H3,(H4,12,13,15). The molecule has 0 saturated carbocycles. The summed E-state index contributed by atoms with van der Waals surface area (Å²) in [5, 5.41) is 7.49. The SMILES string of the molecule is COc1ccccc1CC(C)=NN=C(N)N. The fraction of sp³-hybridized carbons (Fsp3) is 0.273. The molecule has 0 unspecified atom stereocenters. The van der Waals surface area contributed by atoms with E-state index in [1.165, 1.54) is 0 Å². The molecule has 0 fully saturated rings. The molecular formula is C11H16N4O. The Bertz CT molecular complexity index is 408. The highest BCUT2D eigenvalue weighted by Crippen LogP contribution is 2.18. The second-order valence-electron chi connectivity index (χ2n) is 3.35. The first-order chi connectivity index (χ1) is 7.63. The van der Waals surface area contributed by atoms with Crippen molar-refractivity contribution >= 4 is 11.7 Å². The molecule has 16 heavy (non-hydrogen) atoms. The molecule has 0 aliphatic heterocycles. The zero-order chi connectivity index (χ0) is 12.0. The summed E-state index contributed by atoms with van der Waals surface area (Å²) in [5.74, 6) is 0.793. The van der Waals surface area contributed by atoms with Crippen LogP contribution in [0.1, 0.15) is 12.5 Å². The van der Waals surface area contributed by atoms with E-state index in [9.17, 15) is 0 Å². The van der Waals surface area contributed by atoms with Gasteiger partial charge in [0.2, 0.25) is 5.96 Å². The number of nitrogens with zero attached hydrogens (tertiary/aromatic N) is 2. The molecule has 0 aromatic heterocycles. The van der Waals surface area contributed by atoms with Gasteiger partial charge in [-0.1, -0.05) is 18.2 Å². The van der Waals surface area contributed by atoms with Crippen molar-refractivity contribution in [1.82, 2.24) is 0 Å². The molecular weight excluding hydrogens is 204 g/mol. The third-order valence-electron chi connectivity index (χ3n) is 1.97. The first kappa shape index (κ1) is 12.0. The van der Waals surface area contributed by atoms with E-state index in [0.717, 1.165) is 17.0 Å². The average molecular weight is 220 g/mol. The van der Waals surface area contributed by atoms with Crippen LogP contribution >= 0.6 is 0 Å². The zero-order valence-corrected chi connectivity index (χ0v) is 9.47. The van der Waals surface area contributed by atoms with E-state index in [1.807, 2.05) is 31.2 Å². The van der Waals surface area contributed by atoms with Crippen LogP contribution < -0.4 is 16.2 Å². The summed E-state index contributed by atoms with van der Waals surface area (Å²) in [7, 11) is 1.64. The summed E-state index contributed by atoms with van der Waals surface area (Å²) >= 11 is 0. The Labute approximate surface area is 94.8 Å². The van der Waals surface area contributed by atoms with E-state index < -0.39 is 0 Å². The van der Waals surface area contributed by atoms with Crippen LogP contribution in [0.4, 0.5) is 0 Å². The minimum atomic E-state index is -0.0422. The highest BCUT2D eigenvalue weighted by atomic mass is 16.5. The van der Waals surface area contributed by atoms with Crippen molar-refractivity contribution in [2.45, 2.75) is 13.3 Å². The van der Waals surface area contributed by atoms with Crippen LogP contribution in [0.25, 0.3) is 0 Å². The quantitative estimate of drug-likeness (QED) is 0.449. The minimum Gasteiger partial charge on any atom is -0.496 e. The number of nitrogens with two attached hydrogens (primary N) is 2. The lowest BCUT2D eigenvalue weighted by Crippen LogP contribution is -2.22. The summed E-state index contributed by atoms with van der Waals surface area (Å²) in [6.45, 7) is 1.86. The molecule has 1 rings (SSSR count). The maximum absolute atomic E-state index is 5.23. The number of guanidine groups is 1. The van der Waals surface area contributed by atoms with Gasteiger partial charge in [0.1, 0.15) is 5.75 Å². The lowest BCUT2D eigenvalue weighted by atomic mass is 10.1. The molecule has 5 heteroatoms. The molecule has 0 aliphatic rings. The third kappa shape index (κ3) is 3.61. The maximum atomic E-state index is 5.23. The van der Waals surface area contributed by atoms with Gasteiger partial charge in [-0.15, -0.1) is 5.10 Å². The van der Waals surface area contributed by atoms with Crippen LogP contribution in [0.3, 0.4) is 0 Å². The van der Waals surface area contributed by atoms with Crippen LogP contribution in [-0.4, -0.2) is 18.8 Å². The van der Waals surface area contributed by atoms with E-state index in [0.29, 0.717) is 6.42 Å². The van der Waals surface area contributed by atoms with Crippen LogP contribution in [0.5, 0.6) is 5.75 Å². The Morgan fingerprint density at radius 2 is 1.94 bits per heavy atom. The molecule has 0 atom stereocenters. The number of ether oxygens (including phenoxy) is 1. The van der Waals surface area contributed by atoms with Crippen LogP contribution in [0.2, 0.25) is 0 Å². The fourth-order valence-corrected chi connectivity index (χ4v) is 1.30. The van der Waals surface area contributed by atoms with E-state index in [4.69, 9.17) is 16.2 Å². The van der Waals surface area contributed by atoms with Gasteiger partial charge in [-0.2, -0.15) is 5.10 Å². The van der Waals surface area contributed by atoms with Crippen molar-refractivity contribution < 1.29 is 4.74 Å². The van der Waals surface area contributed by atoms with Gasteiger partial charge in [-0.3, -0.25) is 0 Å². The summed E-state index contributed by atoms with van der Waals surface area (Å²) < 4.78 is 5.23. The van der Waals surface area contributed by atoms with Gasteiger partial charge in [0.15, 0.2) is 0 Å². The molecule has 0 aliphatic carbocycles. The normalized spacial score (nSPS) is 11.0. The van der Waals surface area contributed by atoms with Crippen LogP contribution in [-0.2, 0) is 6.42 Å². The molecule has 0 bridgehead atoms. The first-order valence-corrected chi connectivity index (χ1v) is 4.87. The minimum absolute atomic E-state index is 0.0422. The second kappa shape index (κ2) is 5.75. The van der Waals surface area contributed by atoms with E-state index >= 15 is 0 Å². The molecule has 0 radical (unpaired) electrons. The number of hydrogen-bond acceptors (Lipinski definition) is 3. The number of rotatable bonds is 4. The number of para-hydroxylation sites is 1. The van der Waals surface area contributed by atoms with Crippen molar-refractivity contribution in [3.05, 3.63) is 29.8 Å². The van der Waals surface area contributed by atoms with Crippen LogP contribution in [0, 0.1) is 0 Å². The third-order valence-corrected chi connectivity index (χ3v) is 1.97. The van der Waals surface area contributed by atoms with Gasteiger partial charge in [-0.25, -0.2) is 0 Å². The molecule has 0 amide bonds. The van der Waals surface area contributed by atoms with Gasteiger partial charge in [0.05, 0.1) is 7.11 Å². The van der Waals surface area contributed by atoms with Crippen molar-refractivity contribution in [1.29, 1.82) is 0 Å². The van der Waals surface area contributed by atoms with E-state index in [2.05, 4.69) is 10.2 Å². The Hall–Kier alpha value is -2.04. The average Bonchev–Trinajstić information content (AvgIpc) is 2.27. The lowest BCUT2D eigenvalue weighted by molar-refractivity contribution is 0.411. The Kier molecular flexibility index (Phi) is 4.32. The predicted molar refractivity (Wildman–Crippen MR) is 65.6 cm³/mol. The Morgan fingerprint density at radius 3 is 2.56 bits per heavy atom. The summed E-state index contributed by atoms with van der Waals surface area (Å²) in [4.78, 5) is 0. The van der Waals surface area contributed by atoms with Gasteiger partial charge in [0.25, 0.3) is 0 Å². The highest BCUT2D eigenvalue weighted by Gasteiger charge is 2.02. The molecule has 4 N–H and O–H groups in total. The molecule has 5 nitrogen and oxygen atoms in total. The largest absolute Gasteiger partial charge is 0.496 e. The maximum Gasteiger partial charge on any atom is 0.211 e. The first-order valence-electron chi connectivity index (χ1n) is 4.87. The second-order valence-corrected chi connectivity index (χ2v) is 3.35. The van der Waals surface area contributed by atoms with Crippen molar-refractivity contribution in [2.75, 3.05) is 7.11 Å². The summed E-state index contributed by atoms with van der Waals surface area (Å²) in [6.07, 6.45) is 0.654. The Balaban J connectivity index is 2.80. The van der Waals surface area contributed by atoms with Gasteiger partial charge in [0, 0.05) is 12.1 Å².